The quantitative estimate of drug-likeness (QED) is 0.859. The van der Waals surface area contributed by atoms with Crippen LogP contribution in [0.3, 0.4) is 0 Å². The molecular formula is C18H20N2O3. The van der Waals surface area contributed by atoms with E-state index >= 15 is 0 Å². The van der Waals surface area contributed by atoms with Crippen molar-refractivity contribution in [3.8, 4) is 0 Å². The summed E-state index contributed by atoms with van der Waals surface area (Å²) in [7, 11) is 0. The third kappa shape index (κ3) is 4.00. The molecule has 0 spiro atoms. The van der Waals surface area contributed by atoms with Gasteiger partial charge in [0.15, 0.2) is 5.76 Å². The topological polar surface area (TPSA) is 71.3 Å². The largest absolute Gasteiger partial charge is 0.459 e. The molecule has 0 saturated heterocycles. The minimum Gasteiger partial charge on any atom is -0.459 e. The molecule has 120 valence electrons. The van der Waals surface area contributed by atoms with E-state index in [1.165, 1.54) is 6.26 Å². The molecule has 23 heavy (non-hydrogen) atoms. The fourth-order valence-electron chi connectivity index (χ4n) is 2.42. The Kier molecular flexibility index (Phi) is 4.46. The lowest BCUT2D eigenvalue weighted by molar-refractivity contribution is -0.123. The fourth-order valence-corrected chi connectivity index (χ4v) is 2.42. The number of rotatable bonds is 6. The Labute approximate surface area is 135 Å². The summed E-state index contributed by atoms with van der Waals surface area (Å²) in [6, 6.07) is 11.0. The van der Waals surface area contributed by atoms with Gasteiger partial charge in [-0.15, -0.1) is 0 Å². The molecule has 0 bridgehead atoms. The Balaban J connectivity index is 1.72. The van der Waals surface area contributed by atoms with Crippen molar-refractivity contribution >= 4 is 11.8 Å². The average Bonchev–Trinajstić information content (AvgIpc) is 3.25. The lowest BCUT2D eigenvalue weighted by Gasteiger charge is -2.18. The summed E-state index contributed by atoms with van der Waals surface area (Å²) in [5.74, 6) is -0.254. The minimum absolute atomic E-state index is 0.145. The van der Waals surface area contributed by atoms with Crippen molar-refractivity contribution in [2.24, 2.45) is 0 Å². The number of benzene rings is 1. The van der Waals surface area contributed by atoms with Gasteiger partial charge in [0.25, 0.3) is 5.91 Å². The van der Waals surface area contributed by atoms with Crippen molar-refractivity contribution in [3.05, 3.63) is 59.5 Å². The van der Waals surface area contributed by atoms with Gasteiger partial charge in [-0.25, -0.2) is 0 Å². The highest BCUT2D eigenvalue weighted by Gasteiger charge is 2.29. The standard InChI is InChI=1S/C18H20N2O3/c1-12-9-10-23-16(12)18(22)20-15(17(21)19-14-7-8-14)11-13-5-3-2-4-6-13/h2-6,9-10,14-15H,7-8,11H2,1H3,(H,19,21)(H,20,22). The number of carbonyl (C=O) groups is 2. The number of hydrogen-bond acceptors (Lipinski definition) is 3. The normalized spacial score (nSPS) is 15.0. The van der Waals surface area contributed by atoms with Crippen molar-refractivity contribution in [2.75, 3.05) is 0 Å². The Morgan fingerprint density at radius 1 is 1.22 bits per heavy atom. The van der Waals surface area contributed by atoms with Crippen molar-refractivity contribution in [3.63, 3.8) is 0 Å². The molecule has 2 N–H and O–H groups in total. The van der Waals surface area contributed by atoms with Gasteiger partial charge >= 0.3 is 0 Å². The van der Waals surface area contributed by atoms with Gasteiger partial charge in [-0.2, -0.15) is 0 Å². The number of aryl methyl sites for hydroxylation is 1. The molecule has 1 aromatic carbocycles. The summed E-state index contributed by atoms with van der Waals surface area (Å²) < 4.78 is 5.21. The first kappa shape index (κ1) is 15.3. The molecule has 1 aliphatic rings. The van der Waals surface area contributed by atoms with Crippen molar-refractivity contribution < 1.29 is 14.0 Å². The third-order valence-electron chi connectivity index (χ3n) is 3.90. The zero-order valence-electron chi connectivity index (χ0n) is 13.0. The Morgan fingerprint density at radius 3 is 2.57 bits per heavy atom. The second kappa shape index (κ2) is 6.69. The van der Waals surface area contributed by atoms with Crippen LogP contribution in [0, 0.1) is 6.92 Å². The van der Waals surface area contributed by atoms with Crippen LogP contribution in [0.15, 0.2) is 47.1 Å². The van der Waals surface area contributed by atoms with Gasteiger partial charge in [-0.05, 0) is 31.4 Å². The van der Waals surface area contributed by atoms with E-state index in [0.29, 0.717) is 6.42 Å². The van der Waals surface area contributed by atoms with E-state index in [0.717, 1.165) is 24.0 Å². The van der Waals surface area contributed by atoms with Crippen LogP contribution in [0.25, 0.3) is 0 Å². The SMILES string of the molecule is Cc1ccoc1C(=O)NC(Cc1ccccc1)C(=O)NC1CC1. The summed E-state index contributed by atoms with van der Waals surface area (Å²) in [6.45, 7) is 1.80. The smallest absolute Gasteiger partial charge is 0.287 e. The van der Waals surface area contributed by atoms with Crippen LogP contribution < -0.4 is 10.6 Å². The summed E-state index contributed by atoms with van der Waals surface area (Å²) in [6.07, 6.45) is 3.94. The first-order valence-corrected chi connectivity index (χ1v) is 7.83. The molecule has 5 nitrogen and oxygen atoms in total. The van der Waals surface area contributed by atoms with Crippen LogP contribution in [0.1, 0.15) is 34.5 Å². The lowest BCUT2D eigenvalue weighted by atomic mass is 10.0. The number of furan rings is 1. The maximum Gasteiger partial charge on any atom is 0.287 e. The molecule has 1 heterocycles. The van der Waals surface area contributed by atoms with Gasteiger partial charge in [0.1, 0.15) is 6.04 Å². The first-order chi connectivity index (χ1) is 11.1. The van der Waals surface area contributed by atoms with Gasteiger partial charge in [-0.3, -0.25) is 9.59 Å². The summed E-state index contributed by atoms with van der Waals surface area (Å²) >= 11 is 0. The van der Waals surface area contributed by atoms with E-state index in [1.807, 2.05) is 30.3 Å². The Bertz CT molecular complexity index is 689. The van der Waals surface area contributed by atoms with E-state index < -0.39 is 6.04 Å². The molecular weight excluding hydrogens is 292 g/mol. The molecule has 2 aromatic rings. The Morgan fingerprint density at radius 2 is 1.96 bits per heavy atom. The molecule has 2 amide bonds. The molecule has 0 radical (unpaired) electrons. The molecule has 5 heteroatoms. The lowest BCUT2D eigenvalue weighted by Crippen LogP contribution is -2.48. The first-order valence-electron chi connectivity index (χ1n) is 7.83. The molecule has 1 saturated carbocycles. The summed E-state index contributed by atoms with van der Waals surface area (Å²) in [5, 5.41) is 5.75. The summed E-state index contributed by atoms with van der Waals surface area (Å²) in [5.41, 5.74) is 1.75. The van der Waals surface area contributed by atoms with Crippen LogP contribution in [0.4, 0.5) is 0 Å². The summed E-state index contributed by atoms with van der Waals surface area (Å²) in [4.78, 5) is 24.8. The zero-order valence-corrected chi connectivity index (χ0v) is 13.0. The average molecular weight is 312 g/mol. The van der Waals surface area contributed by atoms with Crippen molar-refractivity contribution in [1.29, 1.82) is 0 Å². The Hall–Kier alpha value is -2.56. The molecule has 3 rings (SSSR count). The highest BCUT2D eigenvalue weighted by atomic mass is 16.3. The third-order valence-corrected chi connectivity index (χ3v) is 3.90. The molecule has 1 unspecified atom stereocenters. The second-order valence-corrected chi connectivity index (χ2v) is 5.93. The molecule has 1 fully saturated rings. The molecule has 1 aliphatic carbocycles. The van der Waals surface area contributed by atoms with Gasteiger partial charge in [0.2, 0.25) is 5.91 Å². The van der Waals surface area contributed by atoms with Crippen LogP contribution in [0.5, 0.6) is 0 Å². The highest BCUT2D eigenvalue weighted by molar-refractivity contribution is 5.96. The van der Waals surface area contributed by atoms with Gasteiger partial charge in [0, 0.05) is 18.0 Å². The predicted octanol–water partition coefficient (Wildman–Crippen LogP) is 2.21. The minimum atomic E-state index is -0.616. The monoisotopic (exact) mass is 312 g/mol. The van der Waals surface area contributed by atoms with Crippen molar-refractivity contribution in [1.82, 2.24) is 10.6 Å². The van der Waals surface area contributed by atoms with Crippen LogP contribution in [0.2, 0.25) is 0 Å². The molecule has 1 aromatic heterocycles. The zero-order chi connectivity index (χ0) is 16.2. The van der Waals surface area contributed by atoms with Gasteiger partial charge in [0.05, 0.1) is 6.26 Å². The number of nitrogens with one attached hydrogen (secondary N) is 2. The van der Waals surface area contributed by atoms with E-state index in [9.17, 15) is 9.59 Å². The van der Waals surface area contributed by atoms with Gasteiger partial charge in [-0.1, -0.05) is 30.3 Å². The van der Waals surface area contributed by atoms with E-state index in [2.05, 4.69) is 10.6 Å². The number of amides is 2. The second-order valence-electron chi connectivity index (χ2n) is 5.93. The fraction of sp³-hybridized carbons (Fsp3) is 0.333. The molecule has 1 atom stereocenters. The van der Waals surface area contributed by atoms with E-state index in [-0.39, 0.29) is 23.6 Å². The molecule has 0 aliphatic heterocycles. The highest BCUT2D eigenvalue weighted by Crippen LogP contribution is 2.19. The maximum absolute atomic E-state index is 12.4. The number of hydrogen-bond donors (Lipinski definition) is 2. The van der Waals surface area contributed by atoms with E-state index in [4.69, 9.17) is 4.42 Å². The van der Waals surface area contributed by atoms with Crippen LogP contribution in [-0.2, 0) is 11.2 Å². The van der Waals surface area contributed by atoms with Gasteiger partial charge < -0.3 is 15.1 Å². The predicted molar refractivity (Wildman–Crippen MR) is 86.0 cm³/mol. The van der Waals surface area contributed by atoms with Crippen LogP contribution in [-0.4, -0.2) is 23.9 Å². The van der Waals surface area contributed by atoms with Crippen molar-refractivity contribution in [2.45, 2.75) is 38.3 Å². The maximum atomic E-state index is 12.4. The number of carbonyl (C=O) groups excluding carboxylic acids is 2. The van der Waals surface area contributed by atoms with E-state index in [1.54, 1.807) is 13.0 Å². The van der Waals surface area contributed by atoms with Crippen LogP contribution >= 0.6 is 0 Å².